The highest BCUT2D eigenvalue weighted by atomic mass is 79.9. The van der Waals surface area contributed by atoms with Crippen LogP contribution in [-0.2, 0) is 10.0 Å². The van der Waals surface area contributed by atoms with Crippen LogP contribution in [-0.4, -0.2) is 48.0 Å². The average molecular weight is 536 g/mol. The zero-order valence-corrected chi connectivity index (χ0v) is 19.8. The Morgan fingerprint density at radius 1 is 1.06 bits per heavy atom. The molecule has 0 atom stereocenters. The third kappa shape index (κ3) is 5.29. The Hall–Kier alpha value is -3.09. The van der Waals surface area contributed by atoms with Crippen LogP contribution in [0.3, 0.4) is 0 Å². The van der Waals surface area contributed by atoms with Gasteiger partial charge in [0.2, 0.25) is 15.9 Å². The first kappa shape index (κ1) is 23.1. The van der Waals surface area contributed by atoms with Gasteiger partial charge in [-0.3, -0.25) is 0 Å². The lowest BCUT2D eigenvalue weighted by atomic mass is 10.2. The van der Waals surface area contributed by atoms with Crippen molar-refractivity contribution in [2.75, 3.05) is 19.8 Å². The first-order valence-corrected chi connectivity index (χ1v) is 12.2. The molecule has 2 heterocycles. The van der Waals surface area contributed by atoms with E-state index in [4.69, 9.17) is 9.47 Å². The molecule has 0 saturated heterocycles. The average Bonchev–Trinajstić information content (AvgIpc) is 3.22. The number of nitrogens with zero attached hydrogens (tertiary/aromatic N) is 4. The minimum atomic E-state index is -3.82. The summed E-state index contributed by atoms with van der Waals surface area (Å²) in [6.45, 7) is 2.15. The van der Waals surface area contributed by atoms with Crippen LogP contribution in [0.4, 0.5) is 4.39 Å². The van der Waals surface area contributed by atoms with Crippen molar-refractivity contribution in [2.24, 2.45) is 0 Å². The summed E-state index contributed by atoms with van der Waals surface area (Å²) in [6.07, 6.45) is 0. The fourth-order valence-corrected chi connectivity index (χ4v) is 4.70. The second kappa shape index (κ2) is 9.81. The van der Waals surface area contributed by atoms with E-state index in [0.29, 0.717) is 28.1 Å². The standard InChI is InChI=1S/C21H19BrFN5O4S/c1-2-31-17-8-5-15(22)13-18(17)33(29,30)24-11-12-32-20-10-9-19-25-26-21(28(19)27-20)14-3-6-16(23)7-4-14/h3-10,13,24H,2,11-12H2,1H3. The maximum Gasteiger partial charge on any atom is 0.244 e. The SMILES string of the molecule is CCOc1ccc(Br)cc1S(=O)(=O)NCCOc1ccc2nnc(-c3ccc(F)cc3)n2n1. The minimum Gasteiger partial charge on any atom is -0.492 e. The number of ether oxygens (including phenoxy) is 2. The van der Waals surface area contributed by atoms with Crippen LogP contribution in [0, 0.1) is 5.82 Å². The number of aromatic nitrogens is 4. The maximum absolute atomic E-state index is 13.2. The molecule has 4 aromatic rings. The van der Waals surface area contributed by atoms with Crippen molar-refractivity contribution in [3.8, 4) is 23.0 Å². The van der Waals surface area contributed by atoms with E-state index < -0.39 is 10.0 Å². The van der Waals surface area contributed by atoms with Gasteiger partial charge in [0.25, 0.3) is 0 Å². The third-order valence-electron chi connectivity index (χ3n) is 4.48. The molecule has 9 nitrogen and oxygen atoms in total. The Morgan fingerprint density at radius 3 is 2.61 bits per heavy atom. The van der Waals surface area contributed by atoms with E-state index in [9.17, 15) is 12.8 Å². The number of hydrogen-bond acceptors (Lipinski definition) is 7. The molecule has 2 aromatic heterocycles. The Kier molecular flexibility index (Phi) is 6.86. The second-order valence-corrected chi connectivity index (χ2v) is 9.39. The van der Waals surface area contributed by atoms with Gasteiger partial charge in [0.05, 0.1) is 6.61 Å². The third-order valence-corrected chi connectivity index (χ3v) is 6.46. The van der Waals surface area contributed by atoms with Gasteiger partial charge in [-0.25, -0.2) is 17.5 Å². The molecular formula is C21H19BrFN5O4S. The van der Waals surface area contributed by atoms with Crippen LogP contribution in [0.1, 0.15) is 6.92 Å². The van der Waals surface area contributed by atoms with Gasteiger partial charge in [0, 0.05) is 22.6 Å². The Morgan fingerprint density at radius 2 is 1.85 bits per heavy atom. The number of halogens is 2. The van der Waals surface area contributed by atoms with E-state index in [2.05, 4.69) is 35.9 Å². The van der Waals surface area contributed by atoms with Gasteiger partial charge in [-0.05, 0) is 55.5 Å². The molecule has 0 saturated carbocycles. The topological polar surface area (TPSA) is 108 Å². The minimum absolute atomic E-state index is 0.00707. The molecule has 0 radical (unpaired) electrons. The van der Waals surface area contributed by atoms with Crippen molar-refractivity contribution in [1.29, 1.82) is 0 Å². The summed E-state index contributed by atoms with van der Waals surface area (Å²) in [5.74, 6) is 0.585. The Bertz CT molecular complexity index is 1380. The zero-order valence-electron chi connectivity index (χ0n) is 17.4. The number of hydrogen-bond donors (Lipinski definition) is 1. The van der Waals surface area contributed by atoms with E-state index >= 15 is 0 Å². The second-order valence-electron chi connectivity index (χ2n) is 6.74. The maximum atomic E-state index is 13.2. The number of fused-ring (bicyclic) bond motifs is 1. The fourth-order valence-electron chi connectivity index (χ4n) is 3.00. The molecule has 4 rings (SSSR count). The smallest absolute Gasteiger partial charge is 0.244 e. The highest BCUT2D eigenvalue weighted by Crippen LogP contribution is 2.27. The summed E-state index contributed by atoms with van der Waals surface area (Å²) in [5, 5.41) is 12.5. The monoisotopic (exact) mass is 535 g/mol. The lowest BCUT2D eigenvalue weighted by molar-refractivity contribution is 0.305. The largest absolute Gasteiger partial charge is 0.492 e. The van der Waals surface area contributed by atoms with Crippen molar-refractivity contribution < 1.29 is 22.3 Å². The zero-order chi connectivity index (χ0) is 23.4. The normalized spacial score (nSPS) is 11.6. The van der Waals surface area contributed by atoms with Crippen LogP contribution in [0.15, 0.2) is 64.0 Å². The highest BCUT2D eigenvalue weighted by molar-refractivity contribution is 9.10. The summed E-state index contributed by atoms with van der Waals surface area (Å²) >= 11 is 3.28. The Balaban J connectivity index is 1.44. The van der Waals surface area contributed by atoms with Crippen LogP contribution < -0.4 is 14.2 Å². The molecule has 33 heavy (non-hydrogen) atoms. The molecule has 0 aliphatic heterocycles. The first-order valence-electron chi connectivity index (χ1n) is 9.90. The molecule has 0 amide bonds. The predicted octanol–water partition coefficient (Wildman–Crippen LogP) is 3.45. The van der Waals surface area contributed by atoms with Crippen molar-refractivity contribution in [3.05, 3.63) is 64.9 Å². The van der Waals surface area contributed by atoms with Crippen molar-refractivity contribution in [3.63, 3.8) is 0 Å². The molecule has 0 aliphatic rings. The lowest BCUT2D eigenvalue weighted by Gasteiger charge is -2.12. The highest BCUT2D eigenvalue weighted by Gasteiger charge is 2.20. The number of nitrogens with one attached hydrogen (secondary N) is 1. The predicted molar refractivity (Wildman–Crippen MR) is 122 cm³/mol. The van der Waals surface area contributed by atoms with Crippen molar-refractivity contribution in [1.82, 2.24) is 24.5 Å². The molecule has 172 valence electrons. The summed E-state index contributed by atoms with van der Waals surface area (Å²) in [7, 11) is -3.82. The van der Waals surface area contributed by atoms with Gasteiger partial charge in [0.1, 0.15) is 23.1 Å². The molecule has 0 spiro atoms. The van der Waals surface area contributed by atoms with Gasteiger partial charge in [0.15, 0.2) is 11.5 Å². The van der Waals surface area contributed by atoms with E-state index in [-0.39, 0.29) is 35.5 Å². The molecule has 0 bridgehead atoms. The molecule has 2 aromatic carbocycles. The fraction of sp³-hybridized carbons (Fsp3) is 0.190. The Labute approximate surface area is 197 Å². The molecule has 12 heteroatoms. The number of benzene rings is 2. The summed E-state index contributed by atoms with van der Waals surface area (Å²) < 4.78 is 54.3. The molecule has 0 unspecified atom stereocenters. The summed E-state index contributed by atoms with van der Waals surface area (Å²) in [5.41, 5.74) is 1.13. The van der Waals surface area contributed by atoms with E-state index in [1.165, 1.54) is 22.7 Å². The molecule has 0 aliphatic carbocycles. The molecule has 1 N–H and O–H groups in total. The van der Waals surface area contributed by atoms with E-state index in [1.54, 1.807) is 43.3 Å². The molecule has 0 fully saturated rings. The lowest BCUT2D eigenvalue weighted by Crippen LogP contribution is -2.28. The summed E-state index contributed by atoms with van der Waals surface area (Å²) in [6, 6.07) is 13.9. The van der Waals surface area contributed by atoms with Crippen molar-refractivity contribution in [2.45, 2.75) is 11.8 Å². The van der Waals surface area contributed by atoms with Gasteiger partial charge in [-0.1, -0.05) is 15.9 Å². The summed E-state index contributed by atoms with van der Waals surface area (Å²) in [4.78, 5) is 0.0340. The quantitative estimate of drug-likeness (QED) is 0.327. The van der Waals surface area contributed by atoms with Crippen LogP contribution in [0.5, 0.6) is 11.6 Å². The first-order chi connectivity index (χ1) is 15.9. The number of rotatable bonds is 9. The van der Waals surface area contributed by atoms with Gasteiger partial charge in [-0.15, -0.1) is 15.3 Å². The van der Waals surface area contributed by atoms with Gasteiger partial charge < -0.3 is 9.47 Å². The van der Waals surface area contributed by atoms with Crippen molar-refractivity contribution >= 4 is 31.6 Å². The van der Waals surface area contributed by atoms with Crippen LogP contribution in [0.2, 0.25) is 0 Å². The van der Waals surface area contributed by atoms with Crippen LogP contribution in [0.25, 0.3) is 17.0 Å². The molecular weight excluding hydrogens is 517 g/mol. The van der Waals surface area contributed by atoms with Gasteiger partial charge >= 0.3 is 0 Å². The van der Waals surface area contributed by atoms with E-state index in [0.717, 1.165) is 0 Å². The van der Waals surface area contributed by atoms with Crippen LogP contribution >= 0.6 is 15.9 Å². The van der Waals surface area contributed by atoms with Gasteiger partial charge in [-0.2, -0.15) is 4.52 Å². The van der Waals surface area contributed by atoms with E-state index in [1.807, 2.05) is 0 Å². The number of sulfonamides is 1.